The third-order valence-electron chi connectivity index (χ3n) is 2.11. The van der Waals surface area contributed by atoms with Gasteiger partial charge in [-0.05, 0) is 36.8 Å². The van der Waals surface area contributed by atoms with Gasteiger partial charge in [0.25, 0.3) is 0 Å². The number of aromatic amines is 1. The lowest BCUT2D eigenvalue weighted by Gasteiger charge is -2.04. The number of rotatable bonds is 4. The van der Waals surface area contributed by atoms with Crippen LogP contribution in [-0.2, 0) is 6.54 Å². The van der Waals surface area contributed by atoms with Crippen LogP contribution in [0.2, 0.25) is 0 Å². The molecule has 0 fully saturated rings. The summed E-state index contributed by atoms with van der Waals surface area (Å²) in [6, 6.07) is 7.86. The maximum absolute atomic E-state index is 5.36. The van der Waals surface area contributed by atoms with Gasteiger partial charge in [-0.2, -0.15) is 5.21 Å². The van der Waals surface area contributed by atoms with Crippen LogP contribution < -0.4 is 4.74 Å². The minimum atomic E-state index is 0.453. The van der Waals surface area contributed by atoms with Crippen molar-refractivity contribution >= 4 is 12.2 Å². The summed E-state index contributed by atoms with van der Waals surface area (Å²) < 4.78 is 7.51. The van der Waals surface area contributed by atoms with E-state index in [-0.39, 0.29) is 0 Å². The Balaban J connectivity index is 2.11. The van der Waals surface area contributed by atoms with Crippen molar-refractivity contribution in [3.8, 4) is 5.75 Å². The molecule has 0 atom stereocenters. The zero-order valence-corrected chi connectivity index (χ0v) is 9.70. The van der Waals surface area contributed by atoms with Crippen LogP contribution >= 0.6 is 12.2 Å². The van der Waals surface area contributed by atoms with E-state index in [0.717, 1.165) is 11.3 Å². The average molecular weight is 236 g/mol. The van der Waals surface area contributed by atoms with Gasteiger partial charge in [0.05, 0.1) is 13.2 Å². The predicted molar refractivity (Wildman–Crippen MR) is 61.9 cm³/mol. The summed E-state index contributed by atoms with van der Waals surface area (Å²) >= 11 is 4.99. The molecule has 2 rings (SSSR count). The van der Waals surface area contributed by atoms with Gasteiger partial charge in [0.1, 0.15) is 5.75 Å². The van der Waals surface area contributed by atoms with Crippen LogP contribution in [0.1, 0.15) is 12.5 Å². The van der Waals surface area contributed by atoms with Gasteiger partial charge in [0, 0.05) is 0 Å². The van der Waals surface area contributed by atoms with Gasteiger partial charge in [-0.3, -0.25) is 0 Å². The van der Waals surface area contributed by atoms with Crippen molar-refractivity contribution in [1.82, 2.24) is 20.2 Å². The summed E-state index contributed by atoms with van der Waals surface area (Å²) in [5.41, 5.74) is 1.12. The third kappa shape index (κ3) is 2.46. The second kappa shape index (κ2) is 4.89. The molecule has 0 aliphatic carbocycles. The van der Waals surface area contributed by atoms with Gasteiger partial charge < -0.3 is 4.74 Å². The second-order valence-corrected chi connectivity index (χ2v) is 3.61. The number of tetrazole rings is 1. The van der Waals surface area contributed by atoms with Crippen molar-refractivity contribution in [2.45, 2.75) is 13.5 Å². The van der Waals surface area contributed by atoms with Crippen LogP contribution in [0.3, 0.4) is 0 Å². The molecule has 0 aliphatic rings. The molecule has 0 amide bonds. The minimum Gasteiger partial charge on any atom is -0.494 e. The first kappa shape index (κ1) is 10.8. The number of benzene rings is 1. The Kier molecular flexibility index (Phi) is 3.31. The Morgan fingerprint density at radius 1 is 1.38 bits per heavy atom. The molecule has 5 nitrogen and oxygen atoms in total. The van der Waals surface area contributed by atoms with E-state index < -0.39 is 0 Å². The maximum atomic E-state index is 5.36. The minimum absolute atomic E-state index is 0.453. The molecule has 1 aromatic carbocycles. The SMILES string of the molecule is CCOc1ccc(Cn2[nH]nnc2=S)cc1. The third-order valence-corrected chi connectivity index (χ3v) is 2.41. The van der Waals surface area contributed by atoms with Crippen LogP contribution in [-0.4, -0.2) is 26.8 Å². The fourth-order valence-electron chi connectivity index (χ4n) is 1.36. The summed E-state index contributed by atoms with van der Waals surface area (Å²) in [7, 11) is 0. The monoisotopic (exact) mass is 236 g/mol. The Morgan fingerprint density at radius 3 is 2.69 bits per heavy atom. The quantitative estimate of drug-likeness (QED) is 0.822. The van der Waals surface area contributed by atoms with Crippen molar-refractivity contribution < 1.29 is 4.74 Å². The topological polar surface area (TPSA) is 55.7 Å². The van der Waals surface area contributed by atoms with Crippen molar-refractivity contribution in [1.29, 1.82) is 0 Å². The first-order valence-electron chi connectivity index (χ1n) is 4.99. The van der Waals surface area contributed by atoms with Crippen molar-refractivity contribution in [2.24, 2.45) is 0 Å². The van der Waals surface area contributed by atoms with Gasteiger partial charge in [-0.25, -0.2) is 4.68 Å². The highest BCUT2D eigenvalue weighted by Crippen LogP contribution is 2.12. The van der Waals surface area contributed by atoms with Gasteiger partial charge in [0.15, 0.2) is 0 Å². The molecule has 0 saturated carbocycles. The van der Waals surface area contributed by atoms with Gasteiger partial charge in [-0.1, -0.05) is 22.4 Å². The van der Waals surface area contributed by atoms with E-state index in [9.17, 15) is 0 Å². The van der Waals surface area contributed by atoms with Crippen molar-refractivity contribution in [3.05, 3.63) is 34.6 Å². The Bertz CT molecular complexity index is 502. The summed E-state index contributed by atoms with van der Waals surface area (Å²) in [5.74, 6) is 0.873. The van der Waals surface area contributed by atoms with E-state index in [1.54, 1.807) is 4.68 Å². The molecular formula is C10H12N4OS. The lowest BCUT2D eigenvalue weighted by atomic mass is 10.2. The Labute approximate surface area is 98.0 Å². The van der Waals surface area contributed by atoms with Crippen molar-refractivity contribution in [2.75, 3.05) is 6.61 Å². The summed E-state index contributed by atoms with van der Waals surface area (Å²) in [4.78, 5) is 0. The fraction of sp³-hybridized carbons (Fsp3) is 0.300. The highest BCUT2D eigenvalue weighted by atomic mass is 32.1. The number of hydrogen-bond donors (Lipinski definition) is 1. The standard InChI is InChI=1S/C10H12N4OS/c1-2-15-9-5-3-8(4-6-9)7-14-10(16)11-12-13-14/h3-6H,2,7H2,1H3,(H,11,13,16). The number of hydrogen-bond acceptors (Lipinski definition) is 4. The van der Waals surface area contributed by atoms with Crippen LogP contribution in [0.5, 0.6) is 5.75 Å². The number of nitrogens with zero attached hydrogens (tertiary/aromatic N) is 3. The Morgan fingerprint density at radius 2 is 2.12 bits per heavy atom. The highest BCUT2D eigenvalue weighted by Gasteiger charge is 1.98. The summed E-state index contributed by atoms with van der Waals surface area (Å²) in [5, 5.41) is 10.0. The number of nitrogens with one attached hydrogen (secondary N) is 1. The number of aromatic nitrogens is 4. The van der Waals surface area contributed by atoms with E-state index in [2.05, 4.69) is 15.5 Å². The van der Waals surface area contributed by atoms with Crippen molar-refractivity contribution in [3.63, 3.8) is 0 Å². The average Bonchev–Trinajstić information content (AvgIpc) is 2.68. The maximum Gasteiger partial charge on any atom is 0.238 e. The molecule has 0 radical (unpaired) electrons. The van der Waals surface area contributed by atoms with Crippen LogP contribution in [0.15, 0.2) is 24.3 Å². The molecule has 6 heteroatoms. The summed E-state index contributed by atoms with van der Waals surface area (Å²) in [6.07, 6.45) is 0. The zero-order chi connectivity index (χ0) is 11.4. The predicted octanol–water partition coefficient (Wildman–Crippen LogP) is 1.78. The van der Waals surface area contributed by atoms with Gasteiger partial charge in [-0.15, -0.1) is 0 Å². The van der Waals surface area contributed by atoms with E-state index in [1.165, 1.54) is 0 Å². The molecule has 2 aromatic rings. The Hall–Kier alpha value is -1.69. The molecule has 0 spiro atoms. The van der Waals surface area contributed by atoms with Crippen LogP contribution in [0.4, 0.5) is 0 Å². The molecule has 1 aromatic heterocycles. The fourth-order valence-corrected chi connectivity index (χ4v) is 1.51. The van der Waals surface area contributed by atoms with E-state index in [1.807, 2.05) is 31.2 Å². The largest absolute Gasteiger partial charge is 0.494 e. The molecular weight excluding hydrogens is 224 g/mol. The molecule has 0 bridgehead atoms. The van der Waals surface area contributed by atoms with Crippen LogP contribution in [0.25, 0.3) is 0 Å². The lowest BCUT2D eigenvalue weighted by molar-refractivity contribution is 0.340. The van der Waals surface area contributed by atoms with Gasteiger partial charge in [0.2, 0.25) is 4.77 Å². The lowest BCUT2D eigenvalue weighted by Crippen LogP contribution is -2.02. The van der Waals surface area contributed by atoms with Gasteiger partial charge >= 0.3 is 0 Å². The molecule has 0 aliphatic heterocycles. The van der Waals surface area contributed by atoms with E-state index in [4.69, 9.17) is 17.0 Å². The molecule has 1 N–H and O–H groups in total. The normalized spacial score (nSPS) is 10.3. The van der Waals surface area contributed by atoms with E-state index in [0.29, 0.717) is 17.9 Å². The molecule has 16 heavy (non-hydrogen) atoms. The molecule has 0 unspecified atom stereocenters. The molecule has 84 valence electrons. The molecule has 0 saturated heterocycles. The summed E-state index contributed by atoms with van der Waals surface area (Å²) in [6.45, 7) is 3.27. The molecule has 1 heterocycles. The first-order valence-corrected chi connectivity index (χ1v) is 5.40. The van der Waals surface area contributed by atoms with E-state index >= 15 is 0 Å². The second-order valence-electron chi connectivity index (χ2n) is 3.25. The first-order chi connectivity index (χ1) is 7.79. The highest BCUT2D eigenvalue weighted by molar-refractivity contribution is 7.71. The zero-order valence-electron chi connectivity index (χ0n) is 8.88. The van der Waals surface area contributed by atoms with Crippen LogP contribution in [0, 0.1) is 4.77 Å². The smallest absolute Gasteiger partial charge is 0.238 e. The number of H-pyrrole nitrogens is 1. The number of ether oxygens (including phenoxy) is 1.